The summed E-state index contributed by atoms with van der Waals surface area (Å²) in [6.45, 7) is 0. The number of hydrogen-bond acceptors (Lipinski definition) is 5. The van der Waals surface area contributed by atoms with Gasteiger partial charge in [-0.15, -0.1) is 23.7 Å². The third-order valence-corrected chi connectivity index (χ3v) is 4.61. The number of nitrogens with zero attached hydrogens (tertiary/aromatic N) is 2. The normalized spacial score (nSPS) is 21.8. The summed E-state index contributed by atoms with van der Waals surface area (Å²) in [5.74, 6) is 0.601. The second kappa shape index (κ2) is 6.55. The lowest BCUT2D eigenvalue weighted by molar-refractivity contribution is -0.126. The van der Waals surface area contributed by atoms with Crippen LogP contribution in [0.25, 0.3) is 10.2 Å². The number of alkyl halides is 3. The second-order valence-corrected chi connectivity index (χ2v) is 6.48. The SMILES string of the molecule is Cl.NC1CCC(Nc2ncnc3sc(CC(F)(F)F)cc23)C1. The van der Waals surface area contributed by atoms with Crippen LogP contribution in [0.2, 0.25) is 0 Å². The minimum Gasteiger partial charge on any atom is -0.367 e. The molecule has 1 saturated carbocycles. The molecule has 3 rings (SSSR count). The molecule has 9 heteroatoms. The number of hydrogen-bond donors (Lipinski definition) is 2. The molecular weight excluding hydrogens is 337 g/mol. The fourth-order valence-electron chi connectivity index (χ4n) is 2.65. The Kier molecular flexibility index (Phi) is 5.14. The van der Waals surface area contributed by atoms with Gasteiger partial charge in [0, 0.05) is 17.0 Å². The first-order valence-corrected chi connectivity index (χ1v) is 7.54. The molecule has 3 N–H and O–H groups in total. The fourth-order valence-corrected chi connectivity index (χ4v) is 3.67. The van der Waals surface area contributed by atoms with Crippen LogP contribution in [-0.2, 0) is 6.42 Å². The molecule has 0 spiro atoms. The van der Waals surface area contributed by atoms with E-state index in [1.54, 1.807) is 0 Å². The maximum absolute atomic E-state index is 12.5. The van der Waals surface area contributed by atoms with E-state index >= 15 is 0 Å². The zero-order valence-corrected chi connectivity index (χ0v) is 13.2. The summed E-state index contributed by atoms with van der Waals surface area (Å²) in [5.41, 5.74) is 5.87. The molecule has 1 fully saturated rings. The number of rotatable bonds is 3. The van der Waals surface area contributed by atoms with Gasteiger partial charge in [-0.3, -0.25) is 0 Å². The Morgan fingerprint density at radius 1 is 1.32 bits per heavy atom. The molecule has 4 nitrogen and oxygen atoms in total. The molecule has 0 radical (unpaired) electrons. The average molecular weight is 353 g/mol. The Balaban J connectivity index is 0.00000176. The van der Waals surface area contributed by atoms with Crippen molar-refractivity contribution < 1.29 is 13.2 Å². The molecule has 2 atom stereocenters. The third kappa shape index (κ3) is 3.99. The van der Waals surface area contributed by atoms with E-state index in [1.807, 2.05) is 0 Å². The molecule has 1 aliphatic carbocycles. The summed E-state index contributed by atoms with van der Waals surface area (Å²) in [7, 11) is 0. The first-order chi connectivity index (χ1) is 9.90. The van der Waals surface area contributed by atoms with Gasteiger partial charge in [0.15, 0.2) is 0 Å². The van der Waals surface area contributed by atoms with Crippen molar-refractivity contribution in [2.75, 3.05) is 5.32 Å². The average Bonchev–Trinajstić information content (AvgIpc) is 2.94. The molecule has 2 unspecified atom stereocenters. The van der Waals surface area contributed by atoms with Gasteiger partial charge >= 0.3 is 6.18 Å². The summed E-state index contributed by atoms with van der Waals surface area (Å²) >= 11 is 1.06. The van der Waals surface area contributed by atoms with Crippen LogP contribution in [0.5, 0.6) is 0 Å². The number of nitrogens with one attached hydrogen (secondary N) is 1. The van der Waals surface area contributed by atoms with Crippen LogP contribution in [0.3, 0.4) is 0 Å². The largest absolute Gasteiger partial charge is 0.393 e. The van der Waals surface area contributed by atoms with Crippen LogP contribution >= 0.6 is 23.7 Å². The van der Waals surface area contributed by atoms with Gasteiger partial charge in [0.25, 0.3) is 0 Å². The second-order valence-electron chi connectivity index (χ2n) is 5.36. The Bertz CT molecular complexity index is 646. The highest BCUT2D eigenvalue weighted by molar-refractivity contribution is 7.18. The highest BCUT2D eigenvalue weighted by atomic mass is 35.5. The van der Waals surface area contributed by atoms with Crippen LogP contribution in [-0.4, -0.2) is 28.2 Å². The molecule has 0 amide bonds. The van der Waals surface area contributed by atoms with Gasteiger partial charge in [-0.1, -0.05) is 0 Å². The maximum Gasteiger partial charge on any atom is 0.393 e. The standard InChI is InChI=1S/C13H15F3N4S.ClH/c14-13(15,16)5-9-4-10-11(18-6-19-12(10)21-9)20-8-2-1-7(17)3-8;/h4,6-8H,1-3,5,17H2,(H,18,19,20);1H. The van der Waals surface area contributed by atoms with Crippen molar-refractivity contribution in [3.8, 4) is 0 Å². The van der Waals surface area contributed by atoms with Gasteiger partial charge in [-0.25, -0.2) is 9.97 Å². The maximum atomic E-state index is 12.5. The van der Waals surface area contributed by atoms with Crippen molar-refractivity contribution in [2.24, 2.45) is 5.73 Å². The van der Waals surface area contributed by atoms with Crippen molar-refractivity contribution in [3.05, 3.63) is 17.3 Å². The number of aromatic nitrogens is 2. The van der Waals surface area contributed by atoms with Gasteiger partial charge in [0.05, 0.1) is 11.8 Å². The van der Waals surface area contributed by atoms with Gasteiger partial charge in [-0.05, 0) is 25.3 Å². The number of halogens is 4. The smallest absolute Gasteiger partial charge is 0.367 e. The zero-order valence-electron chi connectivity index (χ0n) is 11.6. The van der Waals surface area contributed by atoms with Crippen LogP contribution in [0.4, 0.5) is 19.0 Å². The summed E-state index contributed by atoms with van der Waals surface area (Å²) in [6, 6.07) is 1.94. The monoisotopic (exact) mass is 352 g/mol. The first-order valence-electron chi connectivity index (χ1n) is 6.73. The number of fused-ring (bicyclic) bond motifs is 1. The Hall–Kier alpha value is -1.12. The molecule has 22 heavy (non-hydrogen) atoms. The third-order valence-electron chi connectivity index (χ3n) is 3.57. The van der Waals surface area contributed by atoms with E-state index in [-0.39, 0.29) is 29.4 Å². The van der Waals surface area contributed by atoms with Crippen molar-refractivity contribution >= 4 is 39.8 Å². The molecule has 0 bridgehead atoms. The minimum absolute atomic E-state index is 0. The minimum atomic E-state index is -4.21. The Labute approximate surface area is 135 Å². The van der Waals surface area contributed by atoms with E-state index in [1.165, 1.54) is 12.4 Å². The fraction of sp³-hybridized carbons (Fsp3) is 0.538. The van der Waals surface area contributed by atoms with Gasteiger partial charge in [0.1, 0.15) is 17.0 Å². The summed E-state index contributed by atoms with van der Waals surface area (Å²) < 4.78 is 37.4. The molecule has 0 saturated heterocycles. The van der Waals surface area contributed by atoms with E-state index < -0.39 is 12.6 Å². The summed E-state index contributed by atoms with van der Waals surface area (Å²) in [4.78, 5) is 9.06. The Morgan fingerprint density at radius 3 is 2.73 bits per heavy atom. The van der Waals surface area contributed by atoms with Gasteiger partial charge in [0.2, 0.25) is 0 Å². The molecular formula is C13H16ClF3N4S. The summed E-state index contributed by atoms with van der Waals surface area (Å²) in [6.07, 6.45) is -0.999. The first kappa shape index (κ1) is 17.2. The lowest BCUT2D eigenvalue weighted by Gasteiger charge is -2.13. The van der Waals surface area contributed by atoms with Crippen molar-refractivity contribution in [1.82, 2.24) is 9.97 Å². The van der Waals surface area contributed by atoms with Crippen molar-refractivity contribution in [2.45, 2.75) is 43.9 Å². The van der Waals surface area contributed by atoms with Crippen LogP contribution in [0.1, 0.15) is 24.1 Å². The van der Waals surface area contributed by atoms with Crippen LogP contribution in [0, 0.1) is 0 Å². The highest BCUT2D eigenvalue weighted by Crippen LogP contribution is 2.33. The topological polar surface area (TPSA) is 63.8 Å². The van der Waals surface area contributed by atoms with Crippen LogP contribution < -0.4 is 11.1 Å². The van der Waals surface area contributed by atoms with E-state index in [2.05, 4.69) is 15.3 Å². The van der Waals surface area contributed by atoms with E-state index in [0.29, 0.717) is 16.0 Å². The van der Waals surface area contributed by atoms with Gasteiger partial charge in [-0.2, -0.15) is 13.2 Å². The molecule has 2 aromatic rings. The van der Waals surface area contributed by atoms with E-state index in [4.69, 9.17) is 5.73 Å². The quantitative estimate of drug-likeness (QED) is 0.887. The molecule has 0 aliphatic heterocycles. The number of thiophene rings is 1. The predicted molar refractivity (Wildman–Crippen MR) is 83.7 cm³/mol. The summed E-state index contributed by atoms with van der Waals surface area (Å²) in [5, 5.41) is 3.94. The van der Waals surface area contributed by atoms with Gasteiger partial charge < -0.3 is 11.1 Å². The van der Waals surface area contributed by atoms with Crippen molar-refractivity contribution in [3.63, 3.8) is 0 Å². The highest BCUT2D eigenvalue weighted by Gasteiger charge is 2.29. The molecule has 0 aromatic carbocycles. The molecule has 2 aromatic heterocycles. The van der Waals surface area contributed by atoms with E-state index in [0.717, 1.165) is 30.6 Å². The van der Waals surface area contributed by atoms with Crippen LogP contribution in [0.15, 0.2) is 12.4 Å². The lowest BCUT2D eigenvalue weighted by Crippen LogP contribution is -2.21. The molecule has 2 heterocycles. The lowest BCUT2D eigenvalue weighted by atomic mass is 10.2. The van der Waals surface area contributed by atoms with Crippen molar-refractivity contribution in [1.29, 1.82) is 0 Å². The number of nitrogens with two attached hydrogens (primary N) is 1. The molecule has 122 valence electrons. The number of anilines is 1. The Morgan fingerprint density at radius 2 is 2.09 bits per heavy atom. The molecule has 1 aliphatic rings. The predicted octanol–water partition coefficient (Wildman–Crippen LogP) is 3.51. The van der Waals surface area contributed by atoms with E-state index in [9.17, 15) is 13.2 Å². The zero-order chi connectivity index (χ0) is 15.0.